The zero-order valence-electron chi connectivity index (χ0n) is 14.6. The van der Waals surface area contributed by atoms with E-state index in [-0.39, 0.29) is 18.6 Å². The summed E-state index contributed by atoms with van der Waals surface area (Å²) in [6.07, 6.45) is 2.70. The number of ether oxygens (including phenoxy) is 2. The van der Waals surface area contributed by atoms with Crippen LogP contribution in [0.2, 0.25) is 0 Å². The van der Waals surface area contributed by atoms with Gasteiger partial charge in [-0.2, -0.15) is 0 Å². The highest BCUT2D eigenvalue weighted by Gasteiger charge is 2.26. The Balaban J connectivity index is 1.61. The molecule has 2 aromatic rings. The van der Waals surface area contributed by atoms with Crippen molar-refractivity contribution in [1.82, 2.24) is 4.90 Å². The number of benzene rings is 1. The molecule has 134 valence electrons. The van der Waals surface area contributed by atoms with Crippen molar-refractivity contribution in [2.24, 2.45) is 0 Å². The molecule has 25 heavy (non-hydrogen) atoms. The van der Waals surface area contributed by atoms with E-state index in [0.717, 1.165) is 50.3 Å². The Hall–Kier alpha value is -1.85. The number of rotatable bonds is 7. The molecule has 1 aliphatic rings. The molecule has 5 heteroatoms. The summed E-state index contributed by atoms with van der Waals surface area (Å²) in [4.78, 5) is 16.1. The minimum Gasteiger partial charge on any atom is -0.484 e. The molecule has 2 heterocycles. The number of hydrogen-bond acceptors (Lipinski definition) is 4. The second-order valence-corrected chi connectivity index (χ2v) is 7.40. The largest absolute Gasteiger partial charge is 0.484 e. The number of amides is 1. The van der Waals surface area contributed by atoms with Gasteiger partial charge in [-0.05, 0) is 55.3 Å². The minimum atomic E-state index is 0.0602. The third-order valence-corrected chi connectivity index (χ3v) is 5.42. The smallest absolute Gasteiger partial charge is 0.260 e. The molecule has 1 saturated heterocycles. The fourth-order valence-corrected chi connectivity index (χ4v) is 3.82. The van der Waals surface area contributed by atoms with Crippen LogP contribution in [0, 0.1) is 6.92 Å². The molecule has 0 N–H and O–H groups in total. The van der Waals surface area contributed by atoms with Gasteiger partial charge in [-0.1, -0.05) is 18.2 Å². The monoisotopic (exact) mass is 359 g/mol. The highest BCUT2D eigenvalue weighted by atomic mass is 32.1. The number of carbonyl (C=O) groups is 1. The van der Waals surface area contributed by atoms with Gasteiger partial charge in [0.15, 0.2) is 6.61 Å². The van der Waals surface area contributed by atoms with Crippen molar-refractivity contribution in [3.8, 4) is 5.75 Å². The van der Waals surface area contributed by atoms with Crippen LogP contribution in [0.4, 0.5) is 0 Å². The summed E-state index contributed by atoms with van der Waals surface area (Å²) in [6.45, 7) is 4.30. The minimum absolute atomic E-state index is 0.0602. The zero-order chi connectivity index (χ0) is 17.5. The van der Waals surface area contributed by atoms with Crippen LogP contribution in [0.3, 0.4) is 0 Å². The van der Waals surface area contributed by atoms with E-state index in [1.807, 2.05) is 36.1 Å². The van der Waals surface area contributed by atoms with Gasteiger partial charge < -0.3 is 14.4 Å². The molecule has 0 bridgehead atoms. The number of aryl methyl sites for hydroxylation is 1. The van der Waals surface area contributed by atoms with E-state index in [4.69, 9.17) is 9.47 Å². The summed E-state index contributed by atoms with van der Waals surface area (Å²) in [5.41, 5.74) is 1.13. The molecule has 0 aliphatic carbocycles. The molecule has 0 radical (unpaired) electrons. The average molecular weight is 359 g/mol. The van der Waals surface area contributed by atoms with Gasteiger partial charge in [0.05, 0.1) is 0 Å². The first kappa shape index (κ1) is 18.0. The van der Waals surface area contributed by atoms with Gasteiger partial charge in [0.25, 0.3) is 5.91 Å². The average Bonchev–Trinajstić information content (AvgIpc) is 3.15. The van der Waals surface area contributed by atoms with Crippen LogP contribution in [-0.2, 0) is 16.0 Å². The van der Waals surface area contributed by atoms with Gasteiger partial charge in [0, 0.05) is 30.7 Å². The van der Waals surface area contributed by atoms with E-state index in [0.29, 0.717) is 0 Å². The molecule has 1 aromatic heterocycles. The number of hydrogen-bond donors (Lipinski definition) is 0. The van der Waals surface area contributed by atoms with Gasteiger partial charge in [0.1, 0.15) is 5.75 Å². The van der Waals surface area contributed by atoms with Crippen molar-refractivity contribution < 1.29 is 14.3 Å². The highest BCUT2D eigenvalue weighted by molar-refractivity contribution is 7.09. The third kappa shape index (κ3) is 5.31. The summed E-state index contributed by atoms with van der Waals surface area (Å²) in [5.74, 6) is 0.809. The quantitative estimate of drug-likeness (QED) is 0.757. The van der Waals surface area contributed by atoms with Crippen LogP contribution >= 0.6 is 11.3 Å². The van der Waals surface area contributed by atoms with Crippen molar-refractivity contribution >= 4 is 17.2 Å². The fraction of sp³-hybridized carbons (Fsp3) is 0.450. The van der Waals surface area contributed by atoms with E-state index in [2.05, 4.69) is 17.5 Å². The summed E-state index contributed by atoms with van der Waals surface area (Å²) in [7, 11) is 0. The van der Waals surface area contributed by atoms with Crippen LogP contribution in [0.5, 0.6) is 5.75 Å². The number of carbonyl (C=O) groups excluding carboxylic acids is 1. The SMILES string of the molecule is Cc1cccc(OCC(=O)N(CCc2cccs2)C2CCOCC2)c1. The van der Waals surface area contributed by atoms with Crippen molar-refractivity contribution in [2.45, 2.75) is 32.2 Å². The standard InChI is InChI=1S/C20H25NO3S/c1-16-4-2-5-18(14-16)24-15-20(22)21(17-8-11-23-12-9-17)10-7-19-6-3-13-25-19/h2-6,13-14,17H,7-12,15H2,1H3. The third-order valence-electron chi connectivity index (χ3n) is 4.48. The first-order valence-corrected chi connectivity index (χ1v) is 9.69. The molecule has 1 aliphatic heterocycles. The highest BCUT2D eigenvalue weighted by Crippen LogP contribution is 2.18. The van der Waals surface area contributed by atoms with E-state index in [1.54, 1.807) is 11.3 Å². The lowest BCUT2D eigenvalue weighted by atomic mass is 10.1. The Morgan fingerprint density at radius 2 is 2.12 bits per heavy atom. The summed E-state index contributed by atoms with van der Waals surface area (Å²) < 4.78 is 11.2. The Morgan fingerprint density at radius 3 is 2.84 bits per heavy atom. The molecule has 1 amide bonds. The topological polar surface area (TPSA) is 38.8 Å². The lowest BCUT2D eigenvalue weighted by Gasteiger charge is -2.34. The Labute approximate surface area is 153 Å². The van der Waals surface area contributed by atoms with Gasteiger partial charge in [-0.25, -0.2) is 0 Å². The lowest BCUT2D eigenvalue weighted by molar-refractivity contribution is -0.137. The molecule has 0 unspecified atom stereocenters. The Bertz CT molecular complexity index is 665. The summed E-state index contributed by atoms with van der Waals surface area (Å²) in [6, 6.07) is 12.2. The first-order valence-electron chi connectivity index (χ1n) is 8.81. The van der Waals surface area contributed by atoms with Crippen molar-refractivity contribution in [1.29, 1.82) is 0 Å². The van der Waals surface area contributed by atoms with E-state index < -0.39 is 0 Å². The molecule has 4 nitrogen and oxygen atoms in total. The van der Waals surface area contributed by atoms with Gasteiger partial charge in [0.2, 0.25) is 0 Å². The first-order chi connectivity index (χ1) is 12.2. The van der Waals surface area contributed by atoms with Gasteiger partial charge >= 0.3 is 0 Å². The van der Waals surface area contributed by atoms with Crippen molar-refractivity contribution in [3.63, 3.8) is 0 Å². The van der Waals surface area contributed by atoms with Gasteiger partial charge in [-0.15, -0.1) is 11.3 Å². The van der Waals surface area contributed by atoms with E-state index >= 15 is 0 Å². The van der Waals surface area contributed by atoms with Crippen LogP contribution in [0.1, 0.15) is 23.3 Å². The van der Waals surface area contributed by atoms with Crippen molar-refractivity contribution in [3.05, 3.63) is 52.2 Å². The molecule has 3 rings (SSSR count). The Kier molecular flexibility index (Phi) is 6.48. The van der Waals surface area contributed by atoms with E-state index in [1.165, 1.54) is 4.88 Å². The predicted molar refractivity (Wildman–Crippen MR) is 100 cm³/mol. The maximum Gasteiger partial charge on any atom is 0.260 e. The molecule has 0 spiro atoms. The maximum absolute atomic E-state index is 12.8. The van der Waals surface area contributed by atoms with Crippen LogP contribution in [0.15, 0.2) is 41.8 Å². The predicted octanol–water partition coefficient (Wildman–Crippen LogP) is 3.69. The molecule has 1 fully saturated rings. The number of nitrogens with zero attached hydrogens (tertiary/aromatic N) is 1. The second-order valence-electron chi connectivity index (χ2n) is 6.37. The van der Waals surface area contributed by atoms with Crippen LogP contribution < -0.4 is 4.74 Å². The zero-order valence-corrected chi connectivity index (χ0v) is 15.5. The molecule has 1 aromatic carbocycles. The van der Waals surface area contributed by atoms with E-state index in [9.17, 15) is 4.79 Å². The fourth-order valence-electron chi connectivity index (χ4n) is 3.13. The van der Waals surface area contributed by atoms with Crippen molar-refractivity contribution in [2.75, 3.05) is 26.4 Å². The second kappa shape index (κ2) is 9.02. The summed E-state index contributed by atoms with van der Waals surface area (Å²) in [5, 5.41) is 2.08. The summed E-state index contributed by atoms with van der Waals surface area (Å²) >= 11 is 1.74. The molecule has 0 atom stereocenters. The molecular formula is C20H25NO3S. The van der Waals surface area contributed by atoms with Gasteiger partial charge in [-0.3, -0.25) is 4.79 Å². The normalized spacial score (nSPS) is 15.1. The van der Waals surface area contributed by atoms with Crippen LogP contribution in [-0.4, -0.2) is 43.2 Å². The lowest BCUT2D eigenvalue weighted by Crippen LogP contribution is -2.46. The molecular weight excluding hydrogens is 334 g/mol. The van der Waals surface area contributed by atoms with Crippen LogP contribution in [0.25, 0.3) is 0 Å². The number of thiophene rings is 1. The molecule has 0 saturated carbocycles. The Morgan fingerprint density at radius 1 is 1.28 bits per heavy atom. The maximum atomic E-state index is 12.8.